The third-order valence-corrected chi connectivity index (χ3v) is 3.05. The van der Waals surface area contributed by atoms with Gasteiger partial charge in [-0.1, -0.05) is 0 Å². The summed E-state index contributed by atoms with van der Waals surface area (Å²) >= 11 is 0. The Labute approximate surface area is 53.6 Å². The van der Waals surface area contributed by atoms with Crippen LogP contribution in [0.3, 0.4) is 0 Å². The van der Waals surface area contributed by atoms with Gasteiger partial charge in [0, 0.05) is 23.9 Å². The van der Waals surface area contributed by atoms with E-state index in [1.54, 1.807) is 0 Å². The molecule has 3 fully saturated rings. The van der Waals surface area contributed by atoms with Crippen LogP contribution in [0.5, 0.6) is 0 Å². The molecule has 0 aromatic rings. The van der Waals surface area contributed by atoms with E-state index in [1.807, 2.05) is 0 Å². The molecule has 48 valence electrons. The van der Waals surface area contributed by atoms with E-state index in [0.717, 1.165) is 12.8 Å². The van der Waals surface area contributed by atoms with E-state index >= 15 is 0 Å². The van der Waals surface area contributed by atoms with E-state index in [9.17, 15) is 4.79 Å². The van der Waals surface area contributed by atoms with Crippen LogP contribution in [0, 0.1) is 11.8 Å². The standard InChI is InChI=1S/C7H9NO/c9-7-3-1-2-4(7)6-5(3)8-6/h3-6,8H,1-2H2/t3-,4+,5+,6-. The minimum atomic E-state index is 0.431. The molecule has 2 heteroatoms. The van der Waals surface area contributed by atoms with Gasteiger partial charge in [0.05, 0.1) is 0 Å². The lowest BCUT2D eigenvalue weighted by Gasteiger charge is -1.99. The highest BCUT2D eigenvalue weighted by Gasteiger charge is 2.62. The predicted octanol–water partition coefficient (Wildman–Crippen LogP) is -0.0643. The van der Waals surface area contributed by atoms with Crippen molar-refractivity contribution >= 4 is 5.78 Å². The summed E-state index contributed by atoms with van der Waals surface area (Å²) in [5.74, 6) is 1.42. The van der Waals surface area contributed by atoms with Crippen LogP contribution in [0.25, 0.3) is 0 Å². The number of carbonyl (C=O) groups is 1. The molecular weight excluding hydrogens is 114 g/mol. The van der Waals surface area contributed by atoms with Crippen molar-refractivity contribution in [3.05, 3.63) is 0 Å². The molecule has 2 bridgehead atoms. The Balaban J connectivity index is 2.09. The van der Waals surface area contributed by atoms with Crippen molar-refractivity contribution in [2.45, 2.75) is 24.9 Å². The molecule has 9 heavy (non-hydrogen) atoms. The number of fused-ring (bicyclic) bond motifs is 5. The van der Waals surface area contributed by atoms with Gasteiger partial charge in [-0.05, 0) is 12.8 Å². The first-order valence-electron chi connectivity index (χ1n) is 3.68. The fourth-order valence-electron chi connectivity index (χ4n) is 2.53. The minimum Gasteiger partial charge on any atom is -0.307 e. The number of hydrogen-bond acceptors (Lipinski definition) is 2. The minimum absolute atomic E-state index is 0.431. The van der Waals surface area contributed by atoms with Crippen molar-refractivity contribution < 1.29 is 4.79 Å². The normalized spacial score (nSPS) is 60.2. The molecule has 0 spiro atoms. The number of ketones is 1. The molecular formula is C7H9NO. The third-order valence-electron chi connectivity index (χ3n) is 3.05. The number of carbonyl (C=O) groups excluding carboxylic acids is 1. The zero-order valence-corrected chi connectivity index (χ0v) is 5.13. The molecule has 1 saturated heterocycles. The lowest BCUT2D eigenvalue weighted by molar-refractivity contribution is -0.122. The highest BCUT2D eigenvalue weighted by Crippen LogP contribution is 2.48. The molecule has 0 aromatic carbocycles. The molecule has 2 aliphatic carbocycles. The fourth-order valence-corrected chi connectivity index (χ4v) is 2.53. The summed E-state index contributed by atoms with van der Waals surface area (Å²) in [6.45, 7) is 0. The Morgan fingerprint density at radius 3 is 2.11 bits per heavy atom. The van der Waals surface area contributed by atoms with Crippen LogP contribution in [0.1, 0.15) is 12.8 Å². The van der Waals surface area contributed by atoms with Crippen molar-refractivity contribution in [1.29, 1.82) is 0 Å². The van der Waals surface area contributed by atoms with E-state index in [2.05, 4.69) is 5.32 Å². The van der Waals surface area contributed by atoms with Crippen molar-refractivity contribution in [3.8, 4) is 0 Å². The van der Waals surface area contributed by atoms with Gasteiger partial charge in [-0.2, -0.15) is 0 Å². The van der Waals surface area contributed by atoms with E-state index in [0.29, 0.717) is 29.7 Å². The van der Waals surface area contributed by atoms with Gasteiger partial charge in [0.15, 0.2) is 0 Å². The van der Waals surface area contributed by atoms with Gasteiger partial charge in [0.1, 0.15) is 5.78 Å². The van der Waals surface area contributed by atoms with Gasteiger partial charge < -0.3 is 5.32 Å². The second-order valence-corrected chi connectivity index (χ2v) is 3.41. The van der Waals surface area contributed by atoms with Crippen molar-refractivity contribution in [3.63, 3.8) is 0 Å². The van der Waals surface area contributed by atoms with Gasteiger partial charge in [-0.15, -0.1) is 0 Å². The summed E-state index contributed by atoms with van der Waals surface area (Å²) < 4.78 is 0. The van der Waals surface area contributed by atoms with Gasteiger partial charge in [0.25, 0.3) is 0 Å². The number of Topliss-reactive ketones (excluding diaryl/α,β-unsaturated/α-hetero) is 1. The summed E-state index contributed by atoms with van der Waals surface area (Å²) in [7, 11) is 0. The quantitative estimate of drug-likeness (QED) is 0.458. The molecule has 0 radical (unpaired) electrons. The van der Waals surface area contributed by atoms with Crippen molar-refractivity contribution in [1.82, 2.24) is 5.32 Å². The Kier molecular flexibility index (Phi) is 0.533. The molecule has 2 saturated carbocycles. The molecule has 3 aliphatic rings. The first-order chi connectivity index (χ1) is 4.38. The van der Waals surface area contributed by atoms with Crippen molar-refractivity contribution in [2.24, 2.45) is 11.8 Å². The second kappa shape index (κ2) is 1.08. The third kappa shape index (κ3) is 0.341. The Hall–Kier alpha value is -0.370. The summed E-state index contributed by atoms with van der Waals surface area (Å²) in [5.41, 5.74) is 0. The number of rotatable bonds is 0. The maximum Gasteiger partial charge on any atom is 0.142 e. The summed E-state index contributed by atoms with van der Waals surface area (Å²) in [5, 5.41) is 3.34. The molecule has 1 N–H and O–H groups in total. The molecule has 0 amide bonds. The molecule has 1 aliphatic heterocycles. The molecule has 4 atom stereocenters. The highest BCUT2D eigenvalue weighted by atomic mass is 16.1. The smallest absolute Gasteiger partial charge is 0.142 e. The summed E-state index contributed by atoms with van der Waals surface area (Å²) in [4.78, 5) is 11.2. The Morgan fingerprint density at radius 2 is 1.78 bits per heavy atom. The zero-order chi connectivity index (χ0) is 6.01. The monoisotopic (exact) mass is 123 g/mol. The Bertz CT molecular complexity index is 171. The lowest BCUT2D eigenvalue weighted by Crippen LogP contribution is -2.16. The molecule has 2 nitrogen and oxygen atoms in total. The molecule has 0 aromatic heterocycles. The average Bonchev–Trinajstić information content (AvgIpc) is 2.53. The Morgan fingerprint density at radius 1 is 1.22 bits per heavy atom. The first-order valence-corrected chi connectivity index (χ1v) is 3.68. The van der Waals surface area contributed by atoms with E-state index in [-0.39, 0.29) is 0 Å². The van der Waals surface area contributed by atoms with E-state index < -0.39 is 0 Å². The topological polar surface area (TPSA) is 39.0 Å². The molecule has 3 rings (SSSR count). The van der Waals surface area contributed by atoms with Gasteiger partial charge in [-0.25, -0.2) is 0 Å². The first kappa shape index (κ1) is 4.45. The van der Waals surface area contributed by atoms with Crippen LogP contribution in [0.2, 0.25) is 0 Å². The molecule has 1 heterocycles. The maximum atomic E-state index is 11.2. The maximum absolute atomic E-state index is 11.2. The predicted molar refractivity (Wildman–Crippen MR) is 31.9 cm³/mol. The number of nitrogens with one attached hydrogen (secondary N) is 1. The van der Waals surface area contributed by atoms with Crippen LogP contribution in [-0.2, 0) is 4.79 Å². The van der Waals surface area contributed by atoms with Crippen LogP contribution >= 0.6 is 0 Å². The van der Waals surface area contributed by atoms with E-state index in [1.165, 1.54) is 0 Å². The zero-order valence-electron chi connectivity index (χ0n) is 5.13. The summed E-state index contributed by atoms with van der Waals surface area (Å²) in [6, 6.07) is 1.24. The van der Waals surface area contributed by atoms with Crippen LogP contribution in [0.15, 0.2) is 0 Å². The van der Waals surface area contributed by atoms with Gasteiger partial charge in [-0.3, -0.25) is 4.79 Å². The highest BCUT2D eigenvalue weighted by molar-refractivity contribution is 5.91. The largest absolute Gasteiger partial charge is 0.307 e. The fraction of sp³-hybridized carbons (Fsp3) is 0.857. The average molecular weight is 123 g/mol. The van der Waals surface area contributed by atoms with Crippen LogP contribution < -0.4 is 5.32 Å². The van der Waals surface area contributed by atoms with E-state index in [4.69, 9.17) is 0 Å². The lowest BCUT2D eigenvalue weighted by atomic mass is 10.0. The summed E-state index contributed by atoms with van der Waals surface area (Å²) in [6.07, 6.45) is 2.33. The van der Waals surface area contributed by atoms with Gasteiger partial charge in [0.2, 0.25) is 0 Å². The second-order valence-electron chi connectivity index (χ2n) is 3.41. The SMILES string of the molecule is O=C1[C@H]2CC[C@@H]1[C@@H]1N[C@@H]12. The molecule has 0 unspecified atom stereocenters. The number of hydrogen-bond donors (Lipinski definition) is 1. The number of piperidine rings is 1. The van der Waals surface area contributed by atoms with Crippen LogP contribution in [-0.4, -0.2) is 17.9 Å². The van der Waals surface area contributed by atoms with Crippen molar-refractivity contribution in [2.75, 3.05) is 0 Å². The van der Waals surface area contributed by atoms with Crippen LogP contribution in [0.4, 0.5) is 0 Å². The van der Waals surface area contributed by atoms with Gasteiger partial charge >= 0.3 is 0 Å².